The lowest BCUT2D eigenvalue weighted by molar-refractivity contribution is 0.0499. The van der Waals surface area contributed by atoms with Gasteiger partial charge in [-0.05, 0) is 63.0 Å². The van der Waals surface area contributed by atoms with Crippen LogP contribution in [0.3, 0.4) is 0 Å². The fraction of sp³-hybridized carbons (Fsp3) is 0.400. The van der Waals surface area contributed by atoms with Gasteiger partial charge >= 0.3 is 23.9 Å². The number of rotatable bonds is 19. The molecular formula is C40H44O8. The highest BCUT2D eigenvalue weighted by atomic mass is 16.5. The fourth-order valence-corrected chi connectivity index (χ4v) is 7.13. The summed E-state index contributed by atoms with van der Waals surface area (Å²) in [6, 6.07) is 12.3. The highest BCUT2D eigenvalue weighted by Crippen LogP contribution is 2.44. The van der Waals surface area contributed by atoms with Gasteiger partial charge < -0.3 is 20.1 Å². The van der Waals surface area contributed by atoms with Crippen LogP contribution < -0.4 is 0 Å². The number of ether oxygens (including phenoxy) is 1. The van der Waals surface area contributed by atoms with Crippen LogP contribution in [-0.2, 0) is 4.74 Å². The minimum Gasteiger partial charge on any atom is -0.478 e. The third-order valence-corrected chi connectivity index (χ3v) is 9.54. The van der Waals surface area contributed by atoms with E-state index >= 15 is 0 Å². The molecule has 0 aromatic heterocycles. The number of fused-ring (bicyclic) bond motifs is 2. The van der Waals surface area contributed by atoms with Crippen molar-refractivity contribution in [1.29, 1.82) is 0 Å². The number of hydrogen-bond acceptors (Lipinski definition) is 5. The average molecular weight is 653 g/mol. The van der Waals surface area contributed by atoms with Gasteiger partial charge in [-0.25, -0.2) is 19.2 Å². The van der Waals surface area contributed by atoms with Crippen molar-refractivity contribution in [2.24, 2.45) is 0 Å². The first-order valence-electron chi connectivity index (χ1n) is 17.3. The quantitative estimate of drug-likeness (QED) is 0.0347. The molecule has 0 unspecified atom stereocenters. The molecule has 5 rings (SSSR count). The molecule has 8 nitrogen and oxygen atoms in total. The molecule has 5 aromatic carbocycles. The van der Waals surface area contributed by atoms with Crippen LogP contribution in [-0.4, -0.2) is 45.8 Å². The van der Waals surface area contributed by atoms with Crippen molar-refractivity contribution in [3.05, 3.63) is 70.8 Å². The molecule has 0 saturated carbocycles. The monoisotopic (exact) mass is 652 g/mol. The van der Waals surface area contributed by atoms with Crippen LogP contribution in [0, 0.1) is 0 Å². The predicted molar refractivity (Wildman–Crippen MR) is 189 cm³/mol. The van der Waals surface area contributed by atoms with Gasteiger partial charge in [0.15, 0.2) is 0 Å². The second-order valence-corrected chi connectivity index (χ2v) is 12.8. The van der Waals surface area contributed by atoms with Gasteiger partial charge in [0, 0.05) is 10.8 Å². The lowest BCUT2D eigenvalue weighted by atomic mass is 9.84. The van der Waals surface area contributed by atoms with Gasteiger partial charge in [0.25, 0.3) is 0 Å². The Hall–Kier alpha value is -4.72. The Morgan fingerprint density at radius 3 is 1.10 bits per heavy atom. The Kier molecular flexibility index (Phi) is 11.5. The summed E-state index contributed by atoms with van der Waals surface area (Å²) in [4.78, 5) is 50.1. The molecule has 3 N–H and O–H groups in total. The van der Waals surface area contributed by atoms with E-state index in [9.17, 15) is 34.5 Å². The van der Waals surface area contributed by atoms with E-state index in [0.717, 1.165) is 25.7 Å². The predicted octanol–water partition coefficient (Wildman–Crippen LogP) is 10.5. The standard InChI is InChI=1S/C40H44O8/c1-2-3-4-5-6-7-8-9-10-11-12-13-14-15-24-48-40(47)32-23-19-28-26-17-21-30(38(43)44)35-29(37(41)42)20-16-25(33(26)35)27-18-22-31(39(45)46)36(32)34(27)28/h16-23H,2-15,24H2,1H3,(H,41,42)(H,43,44)(H,45,46). The summed E-state index contributed by atoms with van der Waals surface area (Å²) in [5.74, 6) is -4.31. The van der Waals surface area contributed by atoms with Crippen molar-refractivity contribution >= 4 is 67.0 Å². The molecule has 8 heteroatoms. The zero-order valence-corrected chi connectivity index (χ0v) is 27.6. The van der Waals surface area contributed by atoms with E-state index in [4.69, 9.17) is 4.74 Å². The number of carboxylic acid groups (broad SMARTS) is 3. The number of carboxylic acids is 3. The van der Waals surface area contributed by atoms with Crippen LogP contribution in [0.1, 0.15) is 138 Å². The van der Waals surface area contributed by atoms with Gasteiger partial charge in [-0.3, -0.25) is 0 Å². The zero-order valence-electron chi connectivity index (χ0n) is 27.6. The van der Waals surface area contributed by atoms with Gasteiger partial charge in [-0.15, -0.1) is 0 Å². The molecule has 0 amide bonds. The van der Waals surface area contributed by atoms with Gasteiger partial charge in [0.1, 0.15) is 0 Å². The first-order chi connectivity index (χ1) is 23.3. The third-order valence-electron chi connectivity index (χ3n) is 9.54. The van der Waals surface area contributed by atoms with Gasteiger partial charge in [0.2, 0.25) is 0 Å². The molecule has 0 radical (unpaired) electrons. The van der Waals surface area contributed by atoms with E-state index in [2.05, 4.69) is 6.92 Å². The topological polar surface area (TPSA) is 138 Å². The van der Waals surface area contributed by atoms with Gasteiger partial charge in [-0.2, -0.15) is 0 Å². The van der Waals surface area contributed by atoms with E-state index < -0.39 is 23.9 Å². The van der Waals surface area contributed by atoms with Gasteiger partial charge in [0.05, 0.1) is 28.9 Å². The molecule has 48 heavy (non-hydrogen) atoms. The lowest BCUT2D eigenvalue weighted by Crippen LogP contribution is -2.10. The zero-order chi connectivity index (χ0) is 34.2. The Morgan fingerprint density at radius 2 is 0.750 bits per heavy atom. The van der Waals surface area contributed by atoms with Crippen LogP contribution in [0.15, 0.2) is 48.5 Å². The average Bonchev–Trinajstić information content (AvgIpc) is 3.07. The van der Waals surface area contributed by atoms with Crippen molar-refractivity contribution in [3.63, 3.8) is 0 Å². The Morgan fingerprint density at radius 1 is 0.438 bits per heavy atom. The van der Waals surface area contributed by atoms with Crippen molar-refractivity contribution in [2.45, 2.75) is 96.8 Å². The van der Waals surface area contributed by atoms with Crippen molar-refractivity contribution in [1.82, 2.24) is 0 Å². The van der Waals surface area contributed by atoms with E-state index in [1.807, 2.05) is 0 Å². The molecule has 252 valence electrons. The molecule has 0 saturated heterocycles. The first kappa shape index (κ1) is 34.6. The smallest absolute Gasteiger partial charge is 0.338 e. The molecular weight excluding hydrogens is 608 g/mol. The molecule has 0 aliphatic heterocycles. The maximum Gasteiger partial charge on any atom is 0.338 e. The van der Waals surface area contributed by atoms with Crippen molar-refractivity contribution < 1.29 is 39.2 Å². The maximum atomic E-state index is 13.4. The number of unbranched alkanes of at least 4 members (excludes halogenated alkanes) is 13. The van der Waals surface area contributed by atoms with Gasteiger partial charge in [-0.1, -0.05) is 115 Å². The molecule has 0 heterocycles. The molecule has 0 atom stereocenters. The molecule has 0 aliphatic rings. The van der Waals surface area contributed by atoms with E-state index in [1.165, 1.54) is 82.4 Å². The van der Waals surface area contributed by atoms with Crippen molar-refractivity contribution in [3.8, 4) is 0 Å². The second kappa shape index (κ2) is 15.9. The summed E-state index contributed by atoms with van der Waals surface area (Å²) in [6.07, 6.45) is 17.1. The lowest BCUT2D eigenvalue weighted by Gasteiger charge is -2.19. The Balaban J connectivity index is 1.31. The van der Waals surface area contributed by atoms with Crippen LogP contribution in [0.2, 0.25) is 0 Å². The van der Waals surface area contributed by atoms with Crippen LogP contribution in [0.5, 0.6) is 0 Å². The van der Waals surface area contributed by atoms with Crippen LogP contribution >= 0.6 is 0 Å². The summed E-state index contributed by atoms with van der Waals surface area (Å²) in [7, 11) is 0. The number of hydrogen-bond donors (Lipinski definition) is 3. The summed E-state index contributed by atoms with van der Waals surface area (Å²) < 4.78 is 5.66. The summed E-state index contributed by atoms with van der Waals surface area (Å²) in [5.41, 5.74) is -0.192. The molecule has 0 aliphatic carbocycles. The van der Waals surface area contributed by atoms with Crippen LogP contribution in [0.4, 0.5) is 0 Å². The normalized spacial score (nSPS) is 11.6. The van der Waals surface area contributed by atoms with Crippen LogP contribution in [0.25, 0.3) is 43.1 Å². The second-order valence-electron chi connectivity index (χ2n) is 12.8. The Labute approximate surface area is 280 Å². The highest BCUT2D eigenvalue weighted by Gasteiger charge is 2.26. The largest absolute Gasteiger partial charge is 0.478 e. The minimum absolute atomic E-state index is 0.0527. The van der Waals surface area contributed by atoms with Crippen molar-refractivity contribution in [2.75, 3.05) is 6.61 Å². The van der Waals surface area contributed by atoms with E-state index in [-0.39, 0.29) is 39.6 Å². The highest BCUT2D eigenvalue weighted by molar-refractivity contribution is 6.38. The minimum atomic E-state index is -1.25. The molecule has 0 spiro atoms. The summed E-state index contributed by atoms with van der Waals surface area (Å²) >= 11 is 0. The summed E-state index contributed by atoms with van der Waals surface area (Å²) in [5, 5.41) is 33.6. The SMILES string of the molecule is CCCCCCCCCCCCCCCCOC(=O)c1ccc2c3ccc(C(=O)O)c4c(C(=O)O)ccc(c5ccc(C(=O)O)c1c52)c43. The molecule has 0 fully saturated rings. The third kappa shape index (κ3) is 7.23. The molecule has 0 bridgehead atoms. The number of aromatic carboxylic acids is 3. The first-order valence-corrected chi connectivity index (χ1v) is 17.3. The maximum absolute atomic E-state index is 13.4. The van der Waals surface area contributed by atoms with E-state index in [1.54, 1.807) is 30.3 Å². The number of benzene rings is 5. The van der Waals surface area contributed by atoms with E-state index in [0.29, 0.717) is 32.3 Å². The Bertz CT molecular complexity index is 1890. The fourth-order valence-electron chi connectivity index (χ4n) is 7.13. The number of carbonyl (C=O) groups excluding carboxylic acids is 1. The number of esters is 1. The number of carbonyl (C=O) groups is 4. The molecule has 5 aromatic rings. The summed E-state index contributed by atoms with van der Waals surface area (Å²) in [6.45, 7) is 2.48.